The summed E-state index contributed by atoms with van der Waals surface area (Å²) in [6.45, 7) is 4.80. The van der Waals surface area contributed by atoms with E-state index in [2.05, 4.69) is 13.8 Å². The zero-order valence-electron chi connectivity index (χ0n) is 11.7. The Hall–Kier alpha value is -0.340. The smallest absolute Gasteiger partial charge is 0.163 e. The van der Waals surface area contributed by atoms with Crippen molar-refractivity contribution in [2.24, 2.45) is 11.3 Å². The molecule has 2 aliphatic rings. The van der Waals surface area contributed by atoms with Crippen molar-refractivity contribution in [2.75, 3.05) is 14.2 Å². The first kappa shape index (κ1) is 13.1. The van der Waals surface area contributed by atoms with E-state index in [1.807, 2.05) is 0 Å². The first-order valence-electron chi connectivity index (χ1n) is 6.88. The molecule has 0 bridgehead atoms. The van der Waals surface area contributed by atoms with Crippen LogP contribution in [0.4, 0.5) is 0 Å². The molecule has 98 valence electrons. The highest BCUT2D eigenvalue weighted by Crippen LogP contribution is 2.49. The maximum Gasteiger partial charge on any atom is 0.163 e. The number of rotatable bonds is 3. The lowest BCUT2D eigenvalue weighted by Crippen LogP contribution is -2.34. The molecule has 0 aromatic carbocycles. The summed E-state index contributed by atoms with van der Waals surface area (Å²) in [4.78, 5) is 0. The van der Waals surface area contributed by atoms with E-state index in [9.17, 15) is 0 Å². The zero-order chi connectivity index (χ0) is 12.5. The van der Waals surface area contributed by atoms with Gasteiger partial charge in [-0.25, -0.2) is 0 Å². The van der Waals surface area contributed by atoms with E-state index < -0.39 is 0 Å². The van der Waals surface area contributed by atoms with Crippen LogP contribution in [0, 0.1) is 11.3 Å². The second kappa shape index (κ2) is 5.11. The van der Waals surface area contributed by atoms with Crippen LogP contribution in [-0.4, -0.2) is 20.5 Å². The Morgan fingerprint density at radius 3 is 2.47 bits per heavy atom. The molecule has 2 aliphatic carbocycles. The molecule has 2 heteroatoms. The Morgan fingerprint density at radius 2 is 1.82 bits per heavy atom. The van der Waals surface area contributed by atoms with Crippen LogP contribution < -0.4 is 0 Å². The Bertz CT molecular complexity index is 300. The Balaban J connectivity index is 2.30. The number of methoxy groups -OCH3 is 2. The monoisotopic (exact) mass is 238 g/mol. The van der Waals surface area contributed by atoms with Gasteiger partial charge >= 0.3 is 0 Å². The Morgan fingerprint density at radius 1 is 1.12 bits per heavy atom. The predicted octanol–water partition coefficient (Wildman–Crippen LogP) is 3.91. The fourth-order valence-corrected chi connectivity index (χ4v) is 3.76. The standard InChI is InChI=1S/C15H26O2/c1-15(2)10-6-8-11-12(14(16-3)17-4)7-5-9-13(11)15/h12,14H,5-10H2,1-4H3. The van der Waals surface area contributed by atoms with Crippen LogP contribution in [0.2, 0.25) is 0 Å². The SMILES string of the molecule is COC(OC)C1CCCC2=C1CCCC2(C)C. The van der Waals surface area contributed by atoms with Gasteiger partial charge in [-0.15, -0.1) is 0 Å². The zero-order valence-corrected chi connectivity index (χ0v) is 11.7. The minimum Gasteiger partial charge on any atom is -0.355 e. The Labute approximate surface area is 105 Å². The first-order chi connectivity index (χ1) is 8.10. The molecular weight excluding hydrogens is 212 g/mol. The molecule has 17 heavy (non-hydrogen) atoms. The molecule has 0 spiro atoms. The van der Waals surface area contributed by atoms with E-state index in [1.54, 1.807) is 25.4 Å². The molecule has 0 fully saturated rings. The molecule has 1 atom stereocenters. The molecule has 0 saturated carbocycles. The molecule has 2 nitrogen and oxygen atoms in total. The summed E-state index contributed by atoms with van der Waals surface area (Å²) >= 11 is 0. The van der Waals surface area contributed by atoms with E-state index >= 15 is 0 Å². The summed E-state index contributed by atoms with van der Waals surface area (Å²) in [5.74, 6) is 0.494. The summed E-state index contributed by atoms with van der Waals surface area (Å²) in [5.41, 5.74) is 3.76. The van der Waals surface area contributed by atoms with Crippen molar-refractivity contribution in [1.82, 2.24) is 0 Å². The van der Waals surface area contributed by atoms with E-state index in [4.69, 9.17) is 9.47 Å². The average Bonchev–Trinajstić information content (AvgIpc) is 2.31. The van der Waals surface area contributed by atoms with Gasteiger partial charge in [0.15, 0.2) is 6.29 Å². The van der Waals surface area contributed by atoms with E-state index in [0.29, 0.717) is 11.3 Å². The van der Waals surface area contributed by atoms with Crippen molar-refractivity contribution in [3.05, 3.63) is 11.1 Å². The van der Waals surface area contributed by atoms with Crippen LogP contribution in [0.15, 0.2) is 11.1 Å². The van der Waals surface area contributed by atoms with E-state index in [1.165, 1.54) is 38.5 Å². The summed E-state index contributed by atoms with van der Waals surface area (Å²) in [7, 11) is 3.52. The lowest BCUT2D eigenvalue weighted by atomic mass is 9.65. The van der Waals surface area contributed by atoms with Crippen molar-refractivity contribution in [3.8, 4) is 0 Å². The van der Waals surface area contributed by atoms with Crippen molar-refractivity contribution in [2.45, 2.75) is 58.7 Å². The minimum absolute atomic E-state index is 0.0470. The average molecular weight is 238 g/mol. The third-order valence-electron chi connectivity index (χ3n) is 4.64. The largest absolute Gasteiger partial charge is 0.355 e. The van der Waals surface area contributed by atoms with Crippen molar-refractivity contribution in [3.63, 3.8) is 0 Å². The van der Waals surface area contributed by atoms with Crippen LogP contribution in [0.1, 0.15) is 52.4 Å². The lowest BCUT2D eigenvalue weighted by molar-refractivity contribution is -0.132. The molecule has 2 rings (SSSR count). The summed E-state index contributed by atoms with van der Waals surface area (Å²) in [5, 5.41) is 0. The van der Waals surface area contributed by atoms with Gasteiger partial charge in [-0.2, -0.15) is 0 Å². The number of ether oxygens (including phenoxy) is 2. The van der Waals surface area contributed by atoms with Gasteiger partial charge in [0.1, 0.15) is 0 Å². The fourth-order valence-electron chi connectivity index (χ4n) is 3.76. The highest BCUT2D eigenvalue weighted by atomic mass is 16.7. The third kappa shape index (κ3) is 2.43. The third-order valence-corrected chi connectivity index (χ3v) is 4.64. The highest BCUT2D eigenvalue weighted by Gasteiger charge is 2.37. The minimum atomic E-state index is -0.0470. The van der Waals surface area contributed by atoms with Crippen molar-refractivity contribution >= 4 is 0 Å². The maximum atomic E-state index is 5.50. The molecule has 0 aromatic rings. The van der Waals surface area contributed by atoms with E-state index in [0.717, 1.165) is 0 Å². The van der Waals surface area contributed by atoms with Gasteiger partial charge in [-0.3, -0.25) is 0 Å². The summed E-state index contributed by atoms with van der Waals surface area (Å²) in [6, 6.07) is 0. The predicted molar refractivity (Wildman–Crippen MR) is 69.8 cm³/mol. The lowest BCUT2D eigenvalue weighted by Gasteiger charge is -2.42. The van der Waals surface area contributed by atoms with Gasteiger partial charge in [0, 0.05) is 20.1 Å². The molecule has 0 radical (unpaired) electrons. The van der Waals surface area contributed by atoms with Crippen molar-refractivity contribution in [1.29, 1.82) is 0 Å². The summed E-state index contributed by atoms with van der Waals surface area (Å²) < 4.78 is 11.0. The normalized spacial score (nSPS) is 28.4. The molecule has 0 saturated heterocycles. The van der Waals surface area contributed by atoms with Gasteiger partial charge in [0.25, 0.3) is 0 Å². The number of hydrogen-bond acceptors (Lipinski definition) is 2. The van der Waals surface area contributed by atoms with Crippen LogP contribution in [0.3, 0.4) is 0 Å². The van der Waals surface area contributed by atoms with Gasteiger partial charge < -0.3 is 9.47 Å². The maximum absolute atomic E-state index is 5.50. The van der Waals surface area contributed by atoms with Crippen LogP contribution in [0.5, 0.6) is 0 Å². The Kier molecular flexibility index (Phi) is 3.94. The molecule has 0 amide bonds. The molecule has 0 N–H and O–H groups in total. The number of allylic oxidation sites excluding steroid dienone is 1. The second-order valence-corrected chi connectivity index (χ2v) is 6.08. The number of hydrogen-bond donors (Lipinski definition) is 0. The van der Waals surface area contributed by atoms with Crippen LogP contribution >= 0.6 is 0 Å². The van der Waals surface area contributed by atoms with Gasteiger partial charge in [-0.05, 0) is 43.9 Å². The molecule has 0 aromatic heterocycles. The summed E-state index contributed by atoms with van der Waals surface area (Å²) in [6.07, 6.45) is 7.67. The van der Waals surface area contributed by atoms with Gasteiger partial charge in [0.05, 0.1) is 0 Å². The molecule has 0 heterocycles. The first-order valence-corrected chi connectivity index (χ1v) is 6.88. The topological polar surface area (TPSA) is 18.5 Å². The fraction of sp³-hybridized carbons (Fsp3) is 0.867. The van der Waals surface area contributed by atoms with Crippen LogP contribution in [0.25, 0.3) is 0 Å². The molecule has 1 unspecified atom stereocenters. The molecule has 0 aliphatic heterocycles. The van der Waals surface area contributed by atoms with Crippen LogP contribution in [-0.2, 0) is 9.47 Å². The van der Waals surface area contributed by atoms with Gasteiger partial charge in [-0.1, -0.05) is 25.0 Å². The van der Waals surface area contributed by atoms with E-state index in [-0.39, 0.29) is 6.29 Å². The quantitative estimate of drug-likeness (QED) is 0.548. The highest BCUT2D eigenvalue weighted by molar-refractivity contribution is 5.28. The molecular formula is C15H26O2. The second-order valence-electron chi connectivity index (χ2n) is 6.08. The van der Waals surface area contributed by atoms with Crippen molar-refractivity contribution < 1.29 is 9.47 Å². The van der Waals surface area contributed by atoms with Gasteiger partial charge in [0.2, 0.25) is 0 Å².